The Kier molecular flexibility index (Phi) is 6.27. The fourth-order valence-corrected chi connectivity index (χ4v) is 2.95. The van der Waals surface area contributed by atoms with E-state index in [9.17, 15) is 9.90 Å². The van der Waals surface area contributed by atoms with Gasteiger partial charge in [0.25, 0.3) is 0 Å². The predicted octanol–water partition coefficient (Wildman–Crippen LogP) is 3.49. The lowest BCUT2D eigenvalue weighted by atomic mass is 10.1. The summed E-state index contributed by atoms with van der Waals surface area (Å²) in [5.74, 6) is -0.834. The van der Waals surface area contributed by atoms with Crippen LogP contribution in [0, 0.1) is 13.8 Å². The first-order valence-electron chi connectivity index (χ1n) is 7.56. The van der Waals surface area contributed by atoms with Gasteiger partial charge < -0.3 is 14.6 Å². The summed E-state index contributed by atoms with van der Waals surface area (Å²) < 4.78 is 2.16. The Morgan fingerprint density at radius 1 is 1.35 bits per heavy atom. The van der Waals surface area contributed by atoms with Gasteiger partial charge in [-0.25, -0.2) is 4.79 Å². The fraction of sp³-hybridized carbons (Fsp3) is 0.688. The molecule has 1 aromatic heterocycles. The minimum atomic E-state index is -0.834. The third kappa shape index (κ3) is 3.85. The summed E-state index contributed by atoms with van der Waals surface area (Å²) in [6.45, 7) is 13.7. The lowest BCUT2D eigenvalue weighted by Crippen LogP contribution is -2.24. The molecule has 20 heavy (non-hydrogen) atoms. The first kappa shape index (κ1) is 16.8. The van der Waals surface area contributed by atoms with Crippen LogP contribution in [-0.4, -0.2) is 40.2 Å². The van der Waals surface area contributed by atoms with Crippen LogP contribution in [0.4, 0.5) is 0 Å². The predicted molar refractivity (Wildman–Crippen MR) is 82.6 cm³/mol. The van der Waals surface area contributed by atoms with E-state index in [0.717, 1.165) is 43.9 Å². The number of aromatic carboxylic acids is 1. The highest BCUT2D eigenvalue weighted by Gasteiger charge is 2.17. The molecule has 0 saturated heterocycles. The molecular formula is C16H28N2O2. The van der Waals surface area contributed by atoms with Gasteiger partial charge in [0.15, 0.2) is 0 Å². The van der Waals surface area contributed by atoms with E-state index >= 15 is 0 Å². The average molecular weight is 280 g/mol. The van der Waals surface area contributed by atoms with Gasteiger partial charge in [-0.15, -0.1) is 0 Å². The minimum Gasteiger partial charge on any atom is -0.478 e. The number of rotatable bonds is 8. The topological polar surface area (TPSA) is 45.5 Å². The molecule has 0 amide bonds. The van der Waals surface area contributed by atoms with Crippen molar-refractivity contribution in [2.75, 3.05) is 19.6 Å². The summed E-state index contributed by atoms with van der Waals surface area (Å²) in [6.07, 6.45) is 2.22. The highest BCUT2D eigenvalue weighted by atomic mass is 16.4. The molecule has 0 aliphatic heterocycles. The summed E-state index contributed by atoms with van der Waals surface area (Å²) in [7, 11) is 0. The van der Waals surface area contributed by atoms with Gasteiger partial charge in [0, 0.05) is 17.4 Å². The van der Waals surface area contributed by atoms with E-state index in [0.29, 0.717) is 11.6 Å². The zero-order valence-electron chi connectivity index (χ0n) is 13.4. The third-order valence-electron chi connectivity index (χ3n) is 4.15. The van der Waals surface area contributed by atoms with E-state index in [4.69, 9.17) is 0 Å². The molecule has 1 aromatic rings. The van der Waals surface area contributed by atoms with Gasteiger partial charge in [-0.1, -0.05) is 13.8 Å². The molecule has 1 atom stereocenters. The molecule has 4 heteroatoms. The van der Waals surface area contributed by atoms with E-state index in [2.05, 4.69) is 30.2 Å². The van der Waals surface area contributed by atoms with Crippen LogP contribution in [0.1, 0.15) is 61.4 Å². The summed E-state index contributed by atoms with van der Waals surface area (Å²) in [5.41, 5.74) is 2.33. The second-order valence-electron chi connectivity index (χ2n) is 5.48. The average Bonchev–Trinajstić information content (AvgIpc) is 2.70. The van der Waals surface area contributed by atoms with Crippen LogP contribution in [0.15, 0.2) is 6.07 Å². The van der Waals surface area contributed by atoms with E-state index in [-0.39, 0.29) is 0 Å². The van der Waals surface area contributed by atoms with Crippen molar-refractivity contribution in [2.45, 2.75) is 53.5 Å². The van der Waals surface area contributed by atoms with E-state index in [1.807, 2.05) is 13.8 Å². The summed E-state index contributed by atoms with van der Waals surface area (Å²) in [4.78, 5) is 13.6. The normalized spacial score (nSPS) is 12.9. The van der Waals surface area contributed by atoms with Crippen molar-refractivity contribution in [2.24, 2.45) is 0 Å². The van der Waals surface area contributed by atoms with Crippen LogP contribution < -0.4 is 0 Å². The fourth-order valence-electron chi connectivity index (χ4n) is 2.95. The van der Waals surface area contributed by atoms with Crippen molar-refractivity contribution in [3.05, 3.63) is 23.0 Å². The van der Waals surface area contributed by atoms with Crippen LogP contribution in [-0.2, 0) is 0 Å². The molecule has 1 unspecified atom stereocenters. The molecule has 1 rings (SSSR count). The first-order chi connectivity index (χ1) is 9.42. The van der Waals surface area contributed by atoms with Gasteiger partial charge in [0.05, 0.1) is 5.56 Å². The van der Waals surface area contributed by atoms with Gasteiger partial charge in [0.2, 0.25) is 0 Å². The van der Waals surface area contributed by atoms with Crippen molar-refractivity contribution in [1.29, 1.82) is 0 Å². The number of carboxylic acid groups (broad SMARTS) is 1. The molecule has 1 heterocycles. The quantitative estimate of drug-likeness (QED) is 0.793. The number of hydrogen-bond donors (Lipinski definition) is 1. The number of carbonyl (C=O) groups is 1. The van der Waals surface area contributed by atoms with Gasteiger partial charge in [-0.3, -0.25) is 0 Å². The van der Waals surface area contributed by atoms with Gasteiger partial charge in [0.1, 0.15) is 0 Å². The minimum absolute atomic E-state index is 0.346. The standard InChI is InChI=1S/C16H28N2O2/c1-6-17(7-2)10-8-9-12(3)18-13(4)11-15(14(18)5)16(19)20/h11-12H,6-10H2,1-5H3,(H,19,20). The maximum Gasteiger partial charge on any atom is 0.337 e. The summed E-state index contributed by atoms with van der Waals surface area (Å²) in [6, 6.07) is 2.12. The molecule has 0 radical (unpaired) electrons. The lowest BCUT2D eigenvalue weighted by molar-refractivity contribution is 0.0696. The Bertz CT molecular complexity index is 448. The van der Waals surface area contributed by atoms with Gasteiger partial charge in [-0.2, -0.15) is 0 Å². The molecule has 0 bridgehead atoms. The largest absolute Gasteiger partial charge is 0.478 e. The molecule has 0 spiro atoms. The Balaban J connectivity index is 2.68. The molecule has 1 N–H and O–H groups in total. The second kappa shape index (κ2) is 7.48. The number of nitrogens with zero attached hydrogens (tertiary/aromatic N) is 2. The van der Waals surface area contributed by atoms with E-state index in [1.165, 1.54) is 0 Å². The molecule has 114 valence electrons. The van der Waals surface area contributed by atoms with Crippen LogP contribution in [0.3, 0.4) is 0 Å². The number of hydrogen-bond acceptors (Lipinski definition) is 2. The van der Waals surface area contributed by atoms with E-state index < -0.39 is 5.97 Å². The lowest BCUT2D eigenvalue weighted by Gasteiger charge is -2.22. The van der Waals surface area contributed by atoms with Crippen molar-refractivity contribution < 1.29 is 9.90 Å². The molecule has 0 aromatic carbocycles. The van der Waals surface area contributed by atoms with Crippen LogP contribution in [0.25, 0.3) is 0 Å². The van der Waals surface area contributed by atoms with Crippen molar-refractivity contribution in [1.82, 2.24) is 9.47 Å². The zero-order valence-corrected chi connectivity index (χ0v) is 13.4. The van der Waals surface area contributed by atoms with Crippen molar-refractivity contribution in [3.63, 3.8) is 0 Å². The molecule has 0 fully saturated rings. The molecular weight excluding hydrogens is 252 g/mol. The SMILES string of the molecule is CCN(CC)CCCC(C)n1c(C)cc(C(=O)O)c1C. The zero-order chi connectivity index (χ0) is 15.3. The molecule has 4 nitrogen and oxygen atoms in total. The first-order valence-corrected chi connectivity index (χ1v) is 7.56. The maximum atomic E-state index is 11.2. The van der Waals surface area contributed by atoms with Gasteiger partial charge in [-0.05, 0) is 59.3 Å². The summed E-state index contributed by atoms with van der Waals surface area (Å²) >= 11 is 0. The molecule has 0 aliphatic carbocycles. The highest BCUT2D eigenvalue weighted by Crippen LogP contribution is 2.23. The number of aromatic nitrogens is 1. The second-order valence-corrected chi connectivity index (χ2v) is 5.48. The Labute approximate surface area is 122 Å². The maximum absolute atomic E-state index is 11.2. The molecule has 0 aliphatic rings. The van der Waals surface area contributed by atoms with Crippen LogP contribution >= 0.6 is 0 Å². The number of carboxylic acids is 1. The Morgan fingerprint density at radius 2 is 1.95 bits per heavy atom. The Hall–Kier alpha value is -1.29. The number of aryl methyl sites for hydroxylation is 1. The van der Waals surface area contributed by atoms with Crippen molar-refractivity contribution >= 4 is 5.97 Å². The highest BCUT2D eigenvalue weighted by molar-refractivity contribution is 5.89. The monoisotopic (exact) mass is 280 g/mol. The molecule has 0 saturated carbocycles. The van der Waals surface area contributed by atoms with Gasteiger partial charge >= 0.3 is 5.97 Å². The summed E-state index contributed by atoms with van der Waals surface area (Å²) in [5, 5.41) is 9.18. The van der Waals surface area contributed by atoms with Crippen LogP contribution in [0.2, 0.25) is 0 Å². The van der Waals surface area contributed by atoms with Crippen molar-refractivity contribution in [3.8, 4) is 0 Å². The smallest absolute Gasteiger partial charge is 0.337 e. The van der Waals surface area contributed by atoms with Crippen LogP contribution in [0.5, 0.6) is 0 Å². The van der Waals surface area contributed by atoms with E-state index in [1.54, 1.807) is 6.07 Å². The Morgan fingerprint density at radius 3 is 2.40 bits per heavy atom. The third-order valence-corrected chi connectivity index (χ3v) is 4.15.